The Morgan fingerprint density at radius 1 is 0.333 bits per heavy atom. The summed E-state index contributed by atoms with van der Waals surface area (Å²) in [5.74, 6) is 0. The first-order valence-electron chi connectivity index (χ1n) is 13.7. The fraction of sp³-hybridized carbons (Fsp3) is 0.0526. The van der Waals surface area contributed by atoms with E-state index in [0.717, 1.165) is 5.39 Å². The van der Waals surface area contributed by atoms with Gasteiger partial charge in [-0.1, -0.05) is 182 Å². The van der Waals surface area contributed by atoms with E-state index in [4.69, 9.17) is 0 Å². The predicted molar refractivity (Wildman–Crippen MR) is 181 cm³/mol. The topological polar surface area (TPSA) is 0 Å². The third-order valence-electron chi connectivity index (χ3n) is 6.09. The maximum atomic E-state index is 4.17. The Labute approximate surface area is 268 Å². The molecule has 0 unspecified atom stereocenters. The Morgan fingerprint density at radius 2 is 0.452 bits per heavy atom. The largest absolute Gasteiger partial charge is 1.00 e. The van der Waals surface area contributed by atoms with Gasteiger partial charge < -0.3 is 12.4 Å². The van der Waals surface area contributed by atoms with Crippen molar-refractivity contribution in [2.24, 2.45) is 0 Å². The minimum Gasteiger partial charge on any atom is -1.00 e. The van der Waals surface area contributed by atoms with Crippen LogP contribution in [0.1, 0.15) is 6.92 Å². The molecule has 0 saturated heterocycles. The Kier molecular flexibility index (Phi) is 15.3. The second kappa shape index (κ2) is 19.2. The minimum atomic E-state index is -0.446. The van der Waals surface area contributed by atoms with E-state index in [0.29, 0.717) is 0 Å². The predicted octanol–water partition coefficient (Wildman–Crippen LogP) is 4.87. The van der Waals surface area contributed by atoms with Crippen LogP contribution in [0.3, 0.4) is 0 Å². The Bertz CT molecular complexity index is 1200. The normalized spacial score (nSPS) is 10.0. The second-order valence-electron chi connectivity index (χ2n) is 8.91. The average molecular weight is 648 g/mol. The van der Waals surface area contributed by atoms with E-state index in [9.17, 15) is 0 Å². The smallest absolute Gasteiger partial charge is 0.0134 e. The molecule has 0 aliphatic carbocycles. The molecule has 0 fully saturated rings. The summed E-state index contributed by atoms with van der Waals surface area (Å²) in [6.07, 6.45) is 0. The van der Waals surface area contributed by atoms with Crippen molar-refractivity contribution >= 4 is 47.7 Å². The van der Waals surface area contributed by atoms with Gasteiger partial charge in [-0.2, -0.15) is 0 Å². The third kappa shape index (κ3) is 10.1. The third-order valence-corrected chi connectivity index (χ3v) is 11.0. The SMILES string of the molecule is C[CH2][Ni+].[Cl-].c1ccc(P(c2ccccc2)c2ccccc2)cc1.c1ccc(P(c2ccccc2)c2ccccc2)cc1. The first kappa shape index (κ1) is 33.5. The van der Waals surface area contributed by atoms with Crippen molar-refractivity contribution in [3.05, 3.63) is 182 Å². The fourth-order valence-electron chi connectivity index (χ4n) is 4.36. The monoisotopic (exact) mass is 646 g/mol. The van der Waals surface area contributed by atoms with E-state index in [1.807, 2.05) is 6.92 Å². The van der Waals surface area contributed by atoms with Crippen LogP contribution in [0.4, 0.5) is 0 Å². The quantitative estimate of drug-likeness (QED) is 0.179. The molecule has 0 N–H and O–H groups in total. The van der Waals surface area contributed by atoms with Crippen LogP contribution in [0.2, 0.25) is 5.39 Å². The molecule has 0 heterocycles. The van der Waals surface area contributed by atoms with Crippen LogP contribution < -0.4 is 44.2 Å². The zero-order valence-corrected chi connectivity index (χ0v) is 27.1. The van der Waals surface area contributed by atoms with Crippen molar-refractivity contribution in [3.63, 3.8) is 0 Å². The van der Waals surface area contributed by atoms with Crippen molar-refractivity contribution in [1.29, 1.82) is 0 Å². The molecule has 0 bridgehead atoms. The number of rotatable bonds is 6. The van der Waals surface area contributed by atoms with E-state index < -0.39 is 15.8 Å². The second-order valence-corrected chi connectivity index (χ2v) is 14.0. The summed E-state index contributed by atoms with van der Waals surface area (Å²) in [5, 5.41) is 9.26. The molecule has 0 radical (unpaired) electrons. The summed E-state index contributed by atoms with van der Waals surface area (Å²) >= 11 is 4.17. The molecule has 6 aromatic rings. The van der Waals surface area contributed by atoms with Gasteiger partial charge in [-0.3, -0.25) is 0 Å². The Morgan fingerprint density at radius 3 is 0.571 bits per heavy atom. The molecule has 0 nitrogen and oxygen atoms in total. The summed E-state index contributed by atoms with van der Waals surface area (Å²) in [6, 6.07) is 64.7. The fourth-order valence-corrected chi connectivity index (χ4v) is 8.97. The summed E-state index contributed by atoms with van der Waals surface area (Å²) < 4.78 is 0. The van der Waals surface area contributed by atoms with Crippen molar-refractivity contribution in [3.8, 4) is 0 Å². The first-order chi connectivity index (χ1) is 20.3. The molecule has 0 aliphatic heterocycles. The van der Waals surface area contributed by atoms with Crippen LogP contribution in [-0.2, 0) is 15.5 Å². The molecule has 0 saturated carbocycles. The van der Waals surface area contributed by atoms with Gasteiger partial charge in [0, 0.05) is 0 Å². The van der Waals surface area contributed by atoms with Gasteiger partial charge in [0.15, 0.2) is 0 Å². The van der Waals surface area contributed by atoms with Gasteiger partial charge in [0.05, 0.1) is 0 Å². The van der Waals surface area contributed by atoms with Crippen LogP contribution >= 0.6 is 15.8 Å². The van der Waals surface area contributed by atoms with E-state index in [1.165, 1.54) is 31.8 Å². The van der Waals surface area contributed by atoms with Gasteiger partial charge in [-0.15, -0.1) is 0 Å². The van der Waals surface area contributed by atoms with Crippen molar-refractivity contribution in [2.45, 2.75) is 12.3 Å². The number of benzene rings is 6. The van der Waals surface area contributed by atoms with Gasteiger partial charge in [-0.05, 0) is 47.7 Å². The number of halogens is 1. The Hall–Kier alpha value is -3.04. The maximum Gasteiger partial charge on any atom is -0.0134 e. The zero-order valence-electron chi connectivity index (χ0n) is 23.6. The van der Waals surface area contributed by atoms with Crippen LogP contribution in [0, 0.1) is 0 Å². The standard InChI is InChI=1S/2C18H15P.C2H5.ClH.Ni/c2*1-4-10-16(11-5-1)19(17-12-6-2-7-13-17)18-14-8-3-9-15-18;1-2;;/h2*1-15H;1H2,2H3;1H;/q;;;;+1/p-1. The molecule has 42 heavy (non-hydrogen) atoms. The van der Waals surface area contributed by atoms with Crippen LogP contribution in [0.5, 0.6) is 0 Å². The van der Waals surface area contributed by atoms with Crippen molar-refractivity contribution < 1.29 is 27.9 Å². The molecule has 0 amide bonds. The molecule has 6 aromatic carbocycles. The number of hydrogen-bond acceptors (Lipinski definition) is 0. The number of hydrogen-bond donors (Lipinski definition) is 0. The minimum absolute atomic E-state index is 0. The van der Waals surface area contributed by atoms with Crippen molar-refractivity contribution in [2.75, 3.05) is 0 Å². The summed E-state index contributed by atoms with van der Waals surface area (Å²) in [4.78, 5) is 0. The van der Waals surface area contributed by atoms with Crippen molar-refractivity contribution in [1.82, 2.24) is 0 Å². The molecule has 0 aromatic heterocycles. The summed E-state index contributed by atoms with van der Waals surface area (Å²) in [5.41, 5.74) is 0. The van der Waals surface area contributed by atoms with E-state index >= 15 is 0 Å². The average Bonchev–Trinajstić information content (AvgIpc) is 3.05. The molecule has 0 spiro atoms. The van der Waals surface area contributed by atoms with Gasteiger partial charge in [0.2, 0.25) is 0 Å². The van der Waals surface area contributed by atoms with E-state index in [1.54, 1.807) is 0 Å². The molecule has 0 aliphatic rings. The molecular weight excluding hydrogens is 613 g/mol. The Balaban J connectivity index is 0.000000207. The van der Waals surface area contributed by atoms with Gasteiger partial charge in [-0.25, -0.2) is 0 Å². The summed E-state index contributed by atoms with van der Waals surface area (Å²) in [7, 11) is -0.892. The molecular formula is C38H35ClNiP2. The van der Waals surface area contributed by atoms with Gasteiger partial charge in [0.25, 0.3) is 0 Å². The molecule has 6 rings (SSSR count). The van der Waals surface area contributed by atoms with Crippen LogP contribution in [0.15, 0.2) is 182 Å². The maximum absolute atomic E-state index is 4.17. The molecule has 214 valence electrons. The zero-order chi connectivity index (χ0) is 28.5. The van der Waals surface area contributed by atoms with Gasteiger partial charge >= 0.3 is 27.8 Å². The molecule has 4 heteroatoms. The van der Waals surface area contributed by atoms with Crippen LogP contribution in [-0.4, -0.2) is 0 Å². The van der Waals surface area contributed by atoms with E-state index in [2.05, 4.69) is 197 Å². The summed E-state index contributed by atoms with van der Waals surface area (Å²) in [6.45, 7) is 1.96. The van der Waals surface area contributed by atoms with Crippen LogP contribution in [0.25, 0.3) is 0 Å². The van der Waals surface area contributed by atoms with E-state index in [-0.39, 0.29) is 12.4 Å². The van der Waals surface area contributed by atoms with Gasteiger partial charge in [0.1, 0.15) is 0 Å². The first-order valence-corrected chi connectivity index (χ1v) is 17.1. The molecule has 0 atom stereocenters.